The second-order valence-corrected chi connectivity index (χ2v) is 4.46. The molecule has 0 amide bonds. The molecule has 2 N–H and O–H groups in total. The van der Waals surface area contributed by atoms with E-state index in [4.69, 9.17) is 5.11 Å². The lowest BCUT2D eigenvalue weighted by Gasteiger charge is -2.12. The normalized spacial score (nSPS) is 12.3. The highest BCUT2D eigenvalue weighted by Crippen LogP contribution is 2.11. The van der Waals surface area contributed by atoms with Gasteiger partial charge in [-0.25, -0.2) is 4.98 Å². The highest BCUT2D eigenvalue weighted by Gasteiger charge is 2.07. The van der Waals surface area contributed by atoms with Gasteiger partial charge in [0, 0.05) is 12.5 Å². The third-order valence-corrected chi connectivity index (χ3v) is 2.76. The number of hydrogen-bond donors (Lipinski definition) is 2. The number of carbonyl (C=O) groups is 1. The summed E-state index contributed by atoms with van der Waals surface area (Å²) in [5.74, 6) is -0.294. The van der Waals surface area contributed by atoms with E-state index in [0.29, 0.717) is 12.4 Å². The van der Waals surface area contributed by atoms with Gasteiger partial charge in [0.15, 0.2) is 0 Å². The first kappa shape index (κ1) is 13.2. The lowest BCUT2D eigenvalue weighted by atomic mass is 10.1. The van der Waals surface area contributed by atoms with Gasteiger partial charge in [0.1, 0.15) is 5.52 Å². The van der Waals surface area contributed by atoms with Crippen LogP contribution in [0.15, 0.2) is 24.3 Å². The third kappa shape index (κ3) is 3.87. The maximum atomic E-state index is 10.4. The SMILES string of the molecule is CC(CCCC(=O)O)Nc1nnc2ccccc2n1. The van der Waals surface area contributed by atoms with E-state index in [1.165, 1.54) is 0 Å². The Balaban J connectivity index is 1.95. The molecule has 0 radical (unpaired) electrons. The minimum Gasteiger partial charge on any atom is -0.481 e. The van der Waals surface area contributed by atoms with Crippen LogP contribution in [0.5, 0.6) is 0 Å². The fraction of sp³-hybridized carbons (Fsp3) is 0.385. The van der Waals surface area contributed by atoms with Crippen LogP contribution in [0.1, 0.15) is 26.2 Å². The topological polar surface area (TPSA) is 88.0 Å². The van der Waals surface area contributed by atoms with Gasteiger partial charge in [-0.05, 0) is 31.9 Å². The standard InChI is InChI=1S/C13H16N4O2/c1-9(5-4-8-12(18)19)14-13-15-10-6-2-3-7-11(10)16-17-13/h2-3,6-7,9H,4-5,8H2,1H3,(H,18,19)(H,14,15,17). The predicted molar refractivity (Wildman–Crippen MR) is 71.9 cm³/mol. The molecule has 100 valence electrons. The Morgan fingerprint density at radius 3 is 2.79 bits per heavy atom. The van der Waals surface area contributed by atoms with Gasteiger partial charge in [0.05, 0.1) is 5.52 Å². The van der Waals surface area contributed by atoms with Crippen LogP contribution in [0.3, 0.4) is 0 Å². The number of benzene rings is 1. The smallest absolute Gasteiger partial charge is 0.303 e. The van der Waals surface area contributed by atoms with Crippen molar-refractivity contribution < 1.29 is 9.90 Å². The number of anilines is 1. The van der Waals surface area contributed by atoms with Gasteiger partial charge >= 0.3 is 5.97 Å². The summed E-state index contributed by atoms with van der Waals surface area (Å²) in [6.07, 6.45) is 1.57. The van der Waals surface area contributed by atoms with Crippen LogP contribution in [0, 0.1) is 0 Å². The first-order chi connectivity index (χ1) is 9.15. The first-order valence-corrected chi connectivity index (χ1v) is 6.23. The van der Waals surface area contributed by atoms with Crippen molar-refractivity contribution in [3.8, 4) is 0 Å². The Hall–Kier alpha value is -2.24. The number of carboxylic acids is 1. The molecule has 0 aliphatic carbocycles. The van der Waals surface area contributed by atoms with Crippen molar-refractivity contribution in [2.45, 2.75) is 32.2 Å². The van der Waals surface area contributed by atoms with Crippen LogP contribution < -0.4 is 5.32 Å². The summed E-state index contributed by atoms with van der Waals surface area (Å²) in [4.78, 5) is 14.8. The highest BCUT2D eigenvalue weighted by molar-refractivity contribution is 5.74. The lowest BCUT2D eigenvalue weighted by Crippen LogP contribution is -2.17. The van der Waals surface area contributed by atoms with Gasteiger partial charge in [0.2, 0.25) is 5.95 Å². The molecule has 0 aliphatic heterocycles. The average Bonchev–Trinajstić information content (AvgIpc) is 2.38. The second-order valence-electron chi connectivity index (χ2n) is 4.46. The average molecular weight is 260 g/mol. The largest absolute Gasteiger partial charge is 0.481 e. The van der Waals surface area contributed by atoms with Crippen LogP contribution in [0.4, 0.5) is 5.95 Å². The van der Waals surface area contributed by atoms with Gasteiger partial charge < -0.3 is 10.4 Å². The monoisotopic (exact) mass is 260 g/mol. The maximum Gasteiger partial charge on any atom is 0.303 e. The van der Waals surface area contributed by atoms with Crippen molar-refractivity contribution in [3.63, 3.8) is 0 Å². The number of aliphatic carboxylic acids is 1. The van der Waals surface area contributed by atoms with Crippen LogP contribution >= 0.6 is 0 Å². The number of hydrogen-bond acceptors (Lipinski definition) is 5. The molecule has 0 saturated carbocycles. The number of nitrogens with one attached hydrogen (secondary N) is 1. The van der Waals surface area contributed by atoms with Crippen molar-refractivity contribution in [1.29, 1.82) is 0 Å². The van der Waals surface area contributed by atoms with Crippen molar-refractivity contribution in [3.05, 3.63) is 24.3 Å². The fourth-order valence-electron chi connectivity index (χ4n) is 1.79. The number of para-hydroxylation sites is 1. The molecule has 0 bridgehead atoms. The van der Waals surface area contributed by atoms with Crippen molar-refractivity contribution in [1.82, 2.24) is 15.2 Å². The molecule has 1 atom stereocenters. The molecule has 1 aromatic heterocycles. The first-order valence-electron chi connectivity index (χ1n) is 6.23. The Kier molecular flexibility index (Phi) is 4.22. The Morgan fingerprint density at radius 1 is 1.32 bits per heavy atom. The van der Waals surface area contributed by atoms with Crippen LogP contribution in [0.25, 0.3) is 11.0 Å². The molecule has 2 aromatic rings. The van der Waals surface area contributed by atoms with E-state index in [1.54, 1.807) is 0 Å². The zero-order valence-corrected chi connectivity index (χ0v) is 10.7. The zero-order chi connectivity index (χ0) is 13.7. The molecule has 2 rings (SSSR count). The maximum absolute atomic E-state index is 10.4. The van der Waals surface area contributed by atoms with E-state index in [1.807, 2.05) is 31.2 Å². The number of aromatic nitrogens is 3. The Morgan fingerprint density at radius 2 is 2.05 bits per heavy atom. The van der Waals surface area contributed by atoms with Crippen LogP contribution in [-0.4, -0.2) is 32.3 Å². The second kappa shape index (κ2) is 6.08. The molecule has 6 nitrogen and oxygen atoms in total. The summed E-state index contributed by atoms with van der Waals surface area (Å²) < 4.78 is 0. The van der Waals surface area contributed by atoms with Crippen LogP contribution in [0.2, 0.25) is 0 Å². The van der Waals surface area contributed by atoms with E-state index < -0.39 is 5.97 Å². The molecular weight excluding hydrogens is 244 g/mol. The highest BCUT2D eigenvalue weighted by atomic mass is 16.4. The molecule has 0 saturated heterocycles. The fourth-order valence-corrected chi connectivity index (χ4v) is 1.79. The molecule has 0 aliphatic rings. The van der Waals surface area contributed by atoms with Crippen LogP contribution in [-0.2, 0) is 4.79 Å². The molecule has 1 aromatic carbocycles. The molecule has 1 unspecified atom stereocenters. The summed E-state index contributed by atoms with van der Waals surface area (Å²) in [7, 11) is 0. The molecule has 1 heterocycles. The van der Waals surface area contributed by atoms with Gasteiger partial charge in [-0.2, -0.15) is 0 Å². The van der Waals surface area contributed by atoms with Gasteiger partial charge in [-0.15, -0.1) is 10.2 Å². The molecular formula is C13H16N4O2. The number of carboxylic acid groups (broad SMARTS) is 1. The van der Waals surface area contributed by atoms with E-state index in [-0.39, 0.29) is 12.5 Å². The predicted octanol–water partition coefficient (Wildman–Crippen LogP) is 2.08. The van der Waals surface area contributed by atoms with Crippen molar-refractivity contribution in [2.24, 2.45) is 0 Å². The molecule has 0 spiro atoms. The summed E-state index contributed by atoms with van der Waals surface area (Å²) in [6, 6.07) is 7.64. The van der Waals surface area contributed by atoms with Gasteiger partial charge in [0.25, 0.3) is 0 Å². The van der Waals surface area contributed by atoms with E-state index in [2.05, 4.69) is 20.5 Å². The van der Waals surface area contributed by atoms with Crippen molar-refractivity contribution in [2.75, 3.05) is 5.32 Å². The van der Waals surface area contributed by atoms with E-state index in [9.17, 15) is 4.79 Å². The third-order valence-electron chi connectivity index (χ3n) is 2.76. The van der Waals surface area contributed by atoms with E-state index >= 15 is 0 Å². The van der Waals surface area contributed by atoms with Gasteiger partial charge in [-0.3, -0.25) is 4.79 Å². The summed E-state index contributed by atoms with van der Waals surface area (Å²) in [5, 5.41) is 19.8. The Labute approximate surface area is 110 Å². The minimum absolute atomic E-state index is 0.113. The minimum atomic E-state index is -0.768. The van der Waals surface area contributed by atoms with Gasteiger partial charge in [-0.1, -0.05) is 12.1 Å². The number of nitrogens with zero attached hydrogens (tertiary/aromatic N) is 3. The molecule has 6 heteroatoms. The van der Waals surface area contributed by atoms with E-state index in [0.717, 1.165) is 17.5 Å². The summed E-state index contributed by atoms with van der Waals surface area (Å²) >= 11 is 0. The number of rotatable bonds is 6. The lowest BCUT2D eigenvalue weighted by molar-refractivity contribution is -0.137. The number of fused-ring (bicyclic) bond motifs is 1. The quantitative estimate of drug-likeness (QED) is 0.826. The molecule has 19 heavy (non-hydrogen) atoms. The summed E-state index contributed by atoms with van der Waals surface area (Å²) in [5.41, 5.74) is 1.55. The molecule has 0 fully saturated rings. The summed E-state index contributed by atoms with van der Waals surface area (Å²) in [6.45, 7) is 1.97. The van der Waals surface area contributed by atoms with Crippen molar-refractivity contribution >= 4 is 23.0 Å². The zero-order valence-electron chi connectivity index (χ0n) is 10.7. The Bertz CT molecular complexity index is 573.